The first kappa shape index (κ1) is 17.9. The number of hydrogen-bond acceptors (Lipinski definition) is 3. The van der Waals surface area contributed by atoms with Crippen LogP contribution in [0.2, 0.25) is 0 Å². The second-order valence-electron chi connectivity index (χ2n) is 6.05. The van der Waals surface area contributed by atoms with Gasteiger partial charge < -0.3 is 10.6 Å². The molecule has 1 aromatic heterocycles. The van der Waals surface area contributed by atoms with Crippen LogP contribution in [0.15, 0.2) is 48.8 Å². The summed E-state index contributed by atoms with van der Waals surface area (Å²) in [6, 6.07) is 8.28. The van der Waals surface area contributed by atoms with Gasteiger partial charge >= 0.3 is 6.18 Å². The van der Waals surface area contributed by atoms with E-state index in [0.29, 0.717) is 13.0 Å². The number of alkyl halides is 3. The zero-order valence-corrected chi connectivity index (χ0v) is 13.6. The highest BCUT2D eigenvalue weighted by molar-refractivity contribution is 6.00. The fraction of sp³-hybridized carbons (Fsp3) is 0.278. The number of nitrogens with one attached hydrogen (secondary N) is 2. The third-order valence-electron chi connectivity index (χ3n) is 4.17. The second kappa shape index (κ2) is 7.15. The van der Waals surface area contributed by atoms with Crippen molar-refractivity contribution in [2.24, 2.45) is 11.8 Å². The van der Waals surface area contributed by atoms with Gasteiger partial charge in [-0.15, -0.1) is 0 Å². The van der Waals surface area contributed by atoms with Crippen LogP contribution in [0.4, 0.5) is 18.9 Å². The molecule has 1 aromatic carbocycles. The van der Waals surface area contributed by atoms with Crippen molar-refractivity contribution >= 4 is 17.5 Å². The number of rotatable bonds is 5. The van der Waals surface area contributed by atoms with E-state index in [0.717, 1.165) is 11.6 Å². The van der Waals surface area contributed by atoms with Crippen molar-refractivity contribution in [2.75, 3.05) is 5.32 Å². The number of halogens is 3. The zero-order chi connectivity index (χ0) is 18.7. The average Bonchev–Trinajstić information content (AvgIpc) is 3.41. The third-order valence-corrected chi connectivity index (χ3v) is 4.17. The van der Waals surface area contributed by atoms with Crippen molar-refractivity contribution < 1.29 is 22.8 Å². The number of para-hydroxylation sites is 1. The normalized spacial score (nSPS) is 18.9. The van der Waals surface area contributed by atoms with Crippen LogP contribution in [0.3, 0.4) is 0 Å². The molecular weight excluding hydrogens is 347 g/mol. The molecule has 136 valence electrons. The maximum absolute atomic E-state index is 13.0. The van der Waals surface area contributed by atoms with E-state index in [4.69, 9.17) is 0 Å². The molecule has 2 aromatic rings. The van der Waals surface area contributed by atoms with Gasteiger partial charge in [0, 0.05) is 18.9 Å². The molecule has 8 heteroatoms. The van der Waals surface area contributed by atoms with Crippen molar-refractivity contribution in [1.82, 2.24) is 10.3 Å². The Morgan fingerprint density at radius 2 is 1.69 bits per heavy atom. The fourth-order valence-corrected chi connectivity index (χ4v) is 2.66. The number of nitrogens with zero attached hydrogens (tertiary/aromatic N) is 1. The smallest absolute Gasteiger partial charge is 0.352 e. The maximum atomic E-state index is 13.0. The zero-order valence-electron chi connectivity index (χ0n) is 13.6. The third kappa shape index (κ3) is 4.19. The van der Waals surface area contributed by atoms with Crippen molar-refractivity contribution in [1.29, 1.82) is 0 Å². The molecule has 1 heterocycles. The van der Waals surface area contributed by atoms with E-state index in [-0.39, 0.29) is 11.6 Å². The number of benzene rings is 1. The van der Waals surface area contributed by atoms with Crippen LogP contribution in [0.25, 0.3) is 0 Å². The first-order chi connectivity index (χ1) is 12.4. The van der Waals surface area contributed by atoms with Crippen molar-refractivity contribution in [2.45, 2.75) is 19.1 Å². The summed E-state index contributed by atoms with van der Waals surface area (Å²) in [5.74, 6) is -2.00. The summed E-state index contributed by atoms with van der Waals surface area (Å²) >= 11 is 0. The Labute approximate surface area is 147 Å². The van der Waals surface area contributed by atoms with Crippen LogP contribution in [-0.4, -0.2) is 16.8 Å². The molecule has 1 aliphatic carbocycles. The van der Waals surface area contributed by atoms with Crippen LogP contribution in [-0.2, 0) is 22.3 Å². The molecule has 26 heavy (non-hydrogen) atoms. The predicted octanol–water partition coefficient (Wildman–Crippen LogP) is 2.99. The highest BCUT2D eigenvalue weighted by Gasteiger charge is 2.48. The number of hydrogen-bond donors (Lipinski definition) is 2. The molecule has 0 radical (unpaired) electrons. The van der Waals surface area contributed by atoms with Gasteiger partial charge in [0.25, 0.3) is 0 Å². The molecule has 2 unspecified atom stereocenters. The summed E-state index contributed by atoms with van der Waals surface area (Å²) in [5, 5.41) is 5.01. The number of anilines is 1. The first-order valence-electron chi connectivity index (χ1n) is 8.00. The largest absolute Gasteiger partial charge is 0.418 e. The Balaban J connectivity index is 1.56. The van der Waals surface area contributed by atoms with E-state index < -0.39 is 29.5 Å². The SMILES string of the molecule is O=C(NCc1ccncc1)C1CC1C(=O)Nc1ccccc1C(F)(F)F. The number of aromatic nitrogens is 1. The average molecular weight is 363 g/mol. The van der Waals surface area contributed by atoms with E-state index in [9.17, 15) is 22.8 Å². The van der Waals surface area contributed by atoms with Gasteiger partial charge in [-0.2, -0.15) is 13.2 Å². The van der Waals surface area contributed by atoms with Gasteiger partial charge in [0.1, 0.15) is 0 Å². The Morgan fingerprint density at radius 1 is 1.04 bits per heavy atom. The van der Waals surface area contributed by atoms with Gasteiger partial charge in [0.15, 0.2) is 0 Å². The summed E-state index contributed by atoms with van der Waals surface area (Å²) in [6.45, 7) is 0.309. The quantitative estimate of drug-likeness (QED) is 0.858. The number of carbonyl (C=O) groups is 2. The lowest BCUT2D eigenvalue weighted by atomic mass is 10.1. The molecule has 0 saturated heterocycles. The minimum Gasteiger partial charge on any atom is -0.352 e. The molecule has 0 spiro atoms. The van der Waals surface area contributed by atoms with Crippen LogP contribution >= 0.6 is 0 Å². The Bertz CT molecular complexity index is 809. The number of carbonyl (C=O) groups excluding carboxylic acids is 2. The highest BCUT2D eigenvalue weighted by atomic mass is 19.4. The number of amides is 2. The van der Waals surface area contributed by atoms with Crippen LogP contribution in [0, 0.1) is 11.8 Å². The predicted molar refractivity (Wildman–Crippen MR) is 87.8 cm³/mol. The molecule has 2 atom stereocenters. The van der Waals surface area contributed by atoms with E-state index in [1.165, 1.54) is 18.2 Å². The summed E-state index contributed by atoms with van der Waals surface area (Å²) in [6.07, 6.45) is -1.03. The lowest BCUT2D eigenvalue weighted by Crippen LogP contribution is -2.27. The van der Waals surface area contributed by atoms with Crippen molar-refractivity contribution in [3.05, 3.63) is 59.9 Å². The van der Waals surface area contributed by atoms with E-state index >= 15 is 0 Å². The second-order valence-corrected chi connectivity index (χ2v) is 6.05. The van der Waals surface area contributed by atoms with Gasteiger partial charge in [-0.25, -0.2) is 0 Å². The molecular formula is C18H16F3N3O2. The van der Waals surface area contributed by atoms with Crippen LogP contribution in [0.1, 0.15) is 17.5 Å². The molecule has 0 bridgehead atoms. The van der Waals surface area contributed by atoms with E-state index in [1.807, 2.05) is 0 Å². The number of pyridine rings is 1. The van der Waals surface area contributed by atoms with Gasteiger partial charge in [-0.1, -0.05) is 12.1 Å². The fourth-order valence-electron chi connectivity index (χ4n) is 2.66. The summed E-state index contributed by atoms with van der Waals surface area (Å²) in [4.78, 5) is 28.1. The van der Waals surface area contributed by atoms with Gasteiger partial charge in [-0.3, -0.25) is 14.6 Å². The van der Waals surface area contributed by atoms with E-state index in [1.54, 1.807) is 24.5 Å². The molecule has 5 nitrogen and oxygen atoms in total. The first-order valence-corrected chi connectivity index (χ1v) is 8.00. The summed E-state index contributed by atoms with van der Waals surface area (Å²) in [7, 11) is 0. The standard InChI is InChI=1S/C18H16F3N3O2/c19-18(20,21)14-3-1-2-4-15(14)24-17(26)13-9-12(13)16(25)23-10-11-5-7-22-8-6-11/h1-8,12-13H,9-10H2,(H,23,25)(H,24,26). The minimum absolute atomic E-state index is 0.286. The monoisotopic (exact) mass is 363 g/mol. The topological polar surface area (TPSA) is 71.1 Å². The van der Waals surface area contributed by atoms with Gasteiger partial charge in [-0.05, 0) is 36.2 Å². The van der Waals surface area contributed by atoms with Crippen molar-refractivity contribution in [3.8, 4) is 0 Å². The van der Waals surface area contributed by atoms with E-state index in [2.05, 4.69) is 15.6 Å². The highest BCUT2D eigenvalue weighted by Crippen LogP contribution is 2.41. The molecule has 0 aliphatic heterocycles. The van der Waals surface area contributed by atoms with Gasteiger partial charge in [0.2, 0.25) is 11.8 Å². The summed E-state index contributed by atoms with van der Waals surface area (Å²) < 4.78 is 38.9. The lowest BCUT2D eigenvalue weighted by molar-refractivity contribution is -0.137. The molecule has 1 fully saturated rings. The van der Waals surface area contributed by atoms with Gasteiger partial charge in [0.05, 0.1) is 23.1 Å². The minimum atomic E-state index is -4.56. The maximum Gasteiger partial charge on any atom is 0.418 e. The Kier molecular flexibility index (Phi) is 4.92. The molecule has 1 saturated carbocycles. The molecule has 2 amide bonds. The molecule has 2 N–H and O–H groups in total. The van der Waals surface area contributed by atoms with Crippen molar-refractivity contribution in [3.63, 3.8) is 0 Å². The molecule has 3 rings (SSSR count). The molecule has 1 aliphatic rings. The van der Waals surface area contributed by atoms with Crippen LogP contribution < -0.4 is 10.6 Å². The summed E-state index contributed by atoms with van der Waals surface area (Å²) in [5.41, 5.74) is -0.338. The Hall–Kier alpha value is -2.90. The van der Waals surface area contributed by atoms with Crippen LogP contribution in [0.5, 0.6) is 0 Å². The lowest BCUT2D eigenvalue weighted by Gasteiger charge is -2.13. The Morgan fingerprint density at radius 3 is 2.38 bits per heavy atom.